The normalized spacial score (nSPS) is 19.5. The average Bonchev–Trinajstić information content (AvgIpc) is 3.13. The second-order valence-electron chi connectivity index (χ2n) is 7.56. The van der Waals surface area contributed by atoms with Crippen LogP contribution in [0.3, 0.4) is 0 Å². The summed E-state index contributed by atoms with van der Waals surface area (Å²) in [4.78, 5) is 28.8. The van der Waals surface area contributed by atoms with Crippen molar-refractivity contribution >= 4 is 28.9 Å². The van der Waals surface area contributed by atoms with Crippen molar-refractivity contribution in [1.29, 1.82) is 0 Å². The van der Waals surface area contributed by atoms with Crippen LogP contribution < -0.4 is 15.1 Å². The second kappa shape index (κ2) is 8.19. The number of hydrogen-bond donors (Lipinski definition) is 1. The van der Waals surface area contributed by atoms with Crippen molar-refractivity contribution < 1.29 is 18.4 Å². The number of carbonyl (C=O) groups is 2. The molecule has 1 unspecified atom stereocenters. The molecule has 2 aromatic carbocycles. The van der Waals surface area contributed by atoms with Gasteiger partial charge < -0.3 is 15.1 Å². The van der Waals surface area contributed by atoms with Crippen molar-refractivity contribution in [2.24, 2.45) is 5.92 Å². The van der Waals surface area contributed by atoms with Crippen LogP contribution in [0, 0.1) is 17.6 Å². The van der Waals surface area contributed by atoms with E-state index in [0.717, 1.165) is 36.6 Å². The van der Waals surface area contributed by atoms with Gasteiger partial charge in [0.05, 0.1) is 5.92 Å². The van der Waals surface area contributed by atoms with Crippen LogP contribution in [0.5, 0.6) is 0 Å². The fourth-order valence-corrected chi connectivity index (χ4v) is 3.97. The van der Waals surface area contributed by atoms with Gasteiger partial charge in [0.1, 0.15) is 17.3 Å². The van der Waals surface area contributed by atoms with Gasteiger partial charge in [0.25, 0.3) is 0 Å². The third-order valence-corrected chi connectivity index (χ3v) is 5.59. The monoisotopic (exact) mass is 399 g/mol. The van der Waals surface area contributed by atoms with Gasteiger partial charge in [-0.2, -0.15) is 0 Å². The first-order valence-corrected chi connectivity index (χ1v) is 9.93. The van der Waals surface area contributed by atoms with Crippen molar-refractivity contribution in [3.05, 3.63) is 54.1 Å². The number of piperidine rings is 1. The van der Waals surface area contributed by atoms with E-state index in [9.17, 15) is 18.4 Å². The molecule has 29 heavy (non-hydrogen) atoms. The van der Waals surface area contributed by atoms with Gasteiger partial charge in [0.2, 0.25) is 11.8 Å². The zero-order valence-electron chi connectivity index (χ0n) is 16.0. The largest absolute Gasteiger partial charge is 0.372 e. The molecule has 0 aromatic heterocycles. The third kappa shape index (κ3) is 4.09. The minimum Gasteiger partial charge on any atom is -0.372 e. The topological polar surface area (TPSA) is 52.7 Å². The first-order chi connectivity index (χ1) is 14.0. The Hall–Kier alpha value is -2.96. The maximum atomic E-state index is 13.8. The van der Waals surface area contributed by atoms with E-state index in [4.69, 9.17) is 0 Å². The highest BCUT2D eigenvalue weighted by atomic mass is 19.1. The second-order valence-corrected chi connectivity index (χ2v) is 7.56. The van der Waals surface area contributed by atoms with Gasteiger partial charge in [-0.05, 0) is 55.7 Å². The molecule has 7 heteroatoms. The number of rotatable bonds is 4. The van der Waals surface area contributed by atoms with Gasteiger partial charge in [-0.15, -0.1) is 0 Å². The van der Waals surface area contributed by atoms with Gasteiger partial charge in [0.15, 0.2) is 0 Å². The number of para-hydroxylation sites is 1. The molecule has 2 amide bonds. The summed E-state index contributed by atoms with van der Waals surface area (Å²) in [6, 6.07) is 11.2. The first kappa shape index (κ1) is 19.4. The Bertz CT molecular complexity index is 891. The lowest BCUT2D eigenvalue weighted by Crippen LogP contribution is -2.30. The molecule has 0 spiro atoms. The Balaban J connectivity index is 1.43. The summed E-state index contributed by atoms with van der Waals surface area (Å²) in [7, 11) is 0. The molecule has 2 heterocycles. The summed E-state index contributed by atoms with van der Waals surface area (Å²) in [5.41, 5.74) is 1.38. The van der Waals surface area contributed by atoms with Gasteiger partial charge in [0, 0.05) is 37.4 Å². The molecule has 0 radical (unpaired) electrons. The SMILES string of the molecule is O=C(Nc1c(F)cccc1F)C1CC(=O)N(c2ccc(N3CCCCC3)cc2)C1. The van der Waals surface area contributed by atoms with Crippen LogP contribution >= 0.6 is 0 Å². The van der Waals surface area contributed by atoms with E-state index < -0.39 is 29.1 Å². The highest BCUT2D eigenvalue weighted by molar-refractivity contribution is 6.03. The van der Waals surface area contributed by atoms with Crippen LogP contribution in [0.25, 0.3) is 0 Å². The number of benzene rings is 2. The van der Waals surface area contributed by atoms with Gasteiger partial charge in [-0.3, -0.25) is 9.59 Å². The van der Waals surface area contributed by atoms with Gasteiger partial charge in [-0.25, -0.2) is 8.78 Å². The van der Waals surface area contributed by atoms with Crippen LogP contribution in [0.15, 0.2) is 42.5 Å². The number of carbonyl (C=O) groups excluding carboxylic acids is 2. The molecule has 0 bridgehead atoms. The van der Waals surface area contributed by atoms with Crippen molar-refractivity contribution in [2.75, 3.05) is 34.8 Å². The molecule has 1 atom stereocenters. The maximum Gasteiger partial charge on any atom is 0.229 e. The van der Waals surface area contributed by atoms with E-state index in [1.54, 1.807) is 4.90 Å². The molecule has 2 aliphatic heterocycles. The Morgan fingerprint density at radius 1 is 0.931 bits per heavy atom. The third-order valence-electron chi connectivity index (χ3n) is 5.59. The molecule has 0 saturated carbocycles. The summed E-state index contributed by atoms with van der Waals surface area (Å²) in [6.45, 7) is 2.26. The van der Waals surface area contributed by atoms with Crippen molar-refractivity contribution in [2.45, 2.75) is 25.7 Å². The van der Waals surface area contributed by atoms with Crippen molar-refractivity contribution in [3.8, 4) is 0 Å². The summed E-state index contributed by atoms with van der Waals surface area (Å²) in [6.07, 6.45) is 3.64. The van der Waals surface area contributed by atoms with E-state index in [-0.39, 0.29) is 18.9 Å². The average molecular weight is 399 g/mol. The molecule has 152 valence electrons. The molecule has 4 rings (SSSR count). The standard InChI is InChI=1S/C22H23F2N3O2/c23-18-5-4-6-19(24)21(18)25-22(29)15-13-20(28)27(14-15)17-9-7-16(8-10-17)26-11-2-1-3-12-26/h4-10,15H,1-3,11-14H2,(H,25,29). The van der Waals surface area contributed by atoms with Gasteiger partial charge >= 0.3 is 0 Å². The lowest BCUT2D eigenvalue weighted by atomic mass is 10.1. The van der Waals surface area contributed by atoms with Crippen LogP contribution in [-0.4, -0.2) is 31.4 Å². The number of hydrogen-bond acceptors (Lipinski definition) is 3. The fourth-order valence-electron chi connectivity index (χ4n) is 3.97. The van der Waals surface area contributed by atoms with E-state index in [1.807, 2.05) is 24.3 Å². The zero-order valence-corrected chi connectivity index (χ0v) is 16.0. The van der Waals surface area contributed by atoms with Crippen molar-refractivity contribution in [1.82, 2.24) is 0 Å². The number of anilines is 3. The molecule has 0 aliphatic carbocycles. The quantitative estimate of drug-likeness (QED) is 0.847. The molecular weight excluding hydrogens is 376 g/mol. The molecule has 1 N–H and O–H groups in total. The van der Waals surface area contributed by atoms with E-state index in [2.05, 4.69) is 10.2 Å². The predicted molar refractivity (Wildman–Crippen MR) is 108 cm³/mol. The van der Waals surface area contributed by atoms with Gasteiger partial charge in [-0.1, -0.05) is 6.07 Å². The maximum absolute atomic E-state index is 13.8. The van der Waals surface area contributed by atoms with Crippen LogP contribution in [0.2, 0.25) is 0 Å². The summed E-state index contributed by atoms with van der Waals surface area (Å²) in [5.74, 6) is -3.08. The minimum absolute atomic E-state index is 0.00970. The highest BCUT2D eigenvalue weighted by Crippen LogP contribution is 2.29. The number of nitrogens with zero attached hydrogens (tertiary/aromatic N) is 2. The Morgan fingerprint density at radius 2 is 1.55 bits per heavy atom. The molecule has 2 aliphatic rings. The lowest BCUT2D eigenvalue weighted by molar-refractivity contribution is -0.122. The lowest BCUT2D eigenvalue weighted by Gasteiger charge is -2.29. The Labute approximate surface area is 168 Å². The number of halogens is 2. The van der Waals surface area contributed by atoms with Crippen LogP contribution in [0.4, 0.5) is 25.8 Å². The van der Waals surface area contributed by atoms with Crippen LogP contribution in [0.1, 0.15) is 25.7 Å². The summed E-state index contributed by atoms with van der Waals surface area (Å²) < 4.78 is 27.5. The van der Waals surface area contributed by atoms with E-state index in [1.165, 1.54) is 25.3 Å². The fraction of sp³-hybridized carbons (Fsp3) is 0.364. The van der Waals surface area contributed by atoms with E-state index >= 15 is 0 Å². The zero-order chi connectivity index (χ0) is 20.4. The molecular formula is C22H23F2N3O2. The van der Waals surface area contributed by atoms with Crippen molar-refractivity contribution in [3.63, 3.8) is 0 Å². The Morgan fingerprint density at radius 3 is 2.21 bits per heavy atom. The highest BCUT2D eigenvalue weighted by Gasteiger charge is 2.35. The number of nitrogens with one attached hydrogen (secondary N) is 1. The predicted octanol–water partition coefficient (Wildman–Crippen LogP) is 3.95. The summed E-state index contributed by atoms with van der Waals surface area (Å²) >= 11 is 0. The Kier molecular flexibility index (Phi) is 5.47. The number of amides is 2. The molecule has 2 fully saturated rings. The molecule has 2 saturated heterocycles. The molecule has 5 nitrogen and oxygen atoms in total. The summed E-state index contributed by atoms with van der Waals surface area (Å²) in [5, 5.41) is 2.29. The minimum atomic E-state index is -0.840. The molecule has 2 aromatic rings. The van der Waals surface area contributed by atoms with E-state index in [0.29, 0.717) is 0 Å². The van der Waals surface area contributed by atoms with Crippen LogP contribution in [-0.2, 0) is 9.59 Å². The smallest absolute Gasteiger partial charge is 0.229 e. The first-order valence-electron chi connectivity index (χ1n) is 9.93.